The van der Waals surface area contributed by atoms with E-state index in [0.29, 0.717) is 6.04 Å². The van der Waals surface area contributed by atoms with Crippen molar-refractivity contribution in [3.8, 4) is 0 Å². The van der Waals surface area contributed by atoms with Crippen molar-refractivity contribution in [2.75, 3.05) is 0 Å². The Hall–Kier alpha value is -2.09. The van der Waals surface area contributed by atoms with Gasteiger partial charge in [0.1, 0.15) is 0 Å². The van der Waals surface area contributed by atoms with Crippen LogP contribution in [0.25, 0.3) is 10.9 Å². The zero-order valence-electron chi connectivity index (χ0n) is 13.6. The maximum atomic E-state index is 4.77. The average Bonchev–Trinajstić information content (AvgIpc) is 3.47. The summed E-state index contributed by atoms with van der Waals surface area (Å²) in [7, 11) is 0. The molecule has 1 aromatic carbocycles. The van der Waals surface area contributed by atoms with E-state index in [9.17, 15) is 0 Å². The van der Waals surface area contributed by atoms with E-state index in [1.165, 1.54) is 47.8 Å². The minimum Gasteiger partial charge on any atom is -0.338 e. The summed E-state index contributed by atoms with van der Waals surface area (Å²) in [5.74, 6) is 1.52. The van der Waals surface area contributed by atoms with E-state index in [-0.39, 0.29) is 0 Å². The molecule has 0 aliphatic heterocycles. The van der Waals surface area contributed by atoms with Crippen molar-refractivity contribution in [3.63, 3.8) is 0 Å². The Labute approximate surface area is 137 Å². The van der Waals surface area contributed by atoms with Gasteiger partial charge in [-0.1, -0.05) is 24.3 Å². The molecule has 2 saturated carbocycles. The van der Waals surface area contributed by atoms with Crippen LogP contribution >= 0.6 is 0 Å². The third-order valence-electron chi connectivity index (χ3n) is 5.49. The summed E-state index contributed by atoms with van der Waals surface area (Å²) < 4.78 is 2.54. The first-order chi connectivity index (χ1) is 11.3. The van der Waals surface area contributed by atoms with E-state index in [2.05, 4.69) is 48.0 Å². The van der Waals surface area contributed by atoms with Crippen LogP contribution in [0, 0.1) is 12.8 Å². The van der Waals surface area contributed by atoms with E-state index in [1.807, 2.05) is 12.3 Å². The van der Waals surface area contributed by atoms with E-state index in [0.717, 1.165) is 11.8 Å². The van der Waals surface area contributed by atoms with E-state index < -0.39 is 0 Å². The van der Waals surface area contributed by atoms with Crippen LogP contribution in [-0.4, -0.2) is 9.55 Å². The van der Waals surface area contributed by atoms with E-state index >= 15 is 0 Å². The number of aryl methyl sites for hydroxylation is 1. The Morgan fingerprint density at radius 3 is 2.65 bits per heavy atom. The Balaban J connectivity index is 1.73. The molecule has 2 heteroatoms. The zero-order valence-corrected chi connectivity index (χ0v) is 13.6. The third-order valence-corrected chi connectivity index (χ3v) is 5.49. The molecule has 5 rings (SSSR count). The molecule has 2 aliphatic rings. The lowest BCUT2D eigenvalue weighted by molar-refractivity contribution is 0.518. The predicted molar refractivity (Wildman–Crippen MR) is 93.8 cm³/mol. The first kappa shape index (κ1) is 13.4. The van der Waals surface area contributed by atoms with Gasteiger partial charge in [-0.2, -0.15) is 0 Å². The minimum absolute atomic E-state index is 0.397. The maximum Gasteiger partial charge on any atom is 0.0788 e. The standard InChI is InChI=1S/C21H22N2/c1-14-4-3-12-22-19(14)21(17-9-10-17)23-13-11-16-5-2-6-18(20(16)23)15-7-8-15/h2-6,11-13,15,17,21H,7-10H2,1H3. The van der Waals surface area contributed by atoms with E-state index in [1.54, 1.807) is 5.56 Å². The number of pyridine rings is 1. The predicted octanol–water partition coefficient (Wildman–Crippen LogP) is 5.22. The van der Waals surface area contributed by atoms with Crippen LogP contribution in [0.3, 0.4) is 0 Å². The van der Waals surface area contributed by atoms with Crippen LogP contribution in [0.5, 0.6) is 0 Å². The van der Waals surface area contributed by atoms with Gasteiger partial charge in [-0.05, 0) is 73.1 Å². The van der Waals surface area contributed by atoms with Crippen molar-refractivity contribution < 1.29 is 0 Å². The molecule has 0 spiro atoms. The number of benzene rings is 1. The summed E-state index contributed by atoms with van der Waals surface area (Å²) in [6.45, 7) is 2.20. The molecular weight excluding hydrogens is 280 g/mol. The lowest BCUT2D eigenvalue weighted by Gasteiger charge is -2.22. The zero-order chi connectivity index (χ0) is 15.4. The molecule has 116 valence electrons. The van der Waals surface area contributed by atoms with Gasteiger partial charge in [0, 0.05) is 12.4 Å². The second-order valence-corrected chi connectivity index (χ2v) is 7.27. The Kier molecular flexibility index (Phi) is 2.88. The largest absolute Gasteiger partial charge is 0.338 e. The summed E-state index contributed by atoms with van der Waals surface area (Å²) in [6, 6.07) is 13.7. The molecule has 1 unspecified atom stereocenters. The number of hydrogen-bond acceptors (Lipinski definition) is 1. The lowest BCUT2D eigenvalue weighted by atomic mass is 10.0. The molecule has 0 amide bonds. The fourth-order valence-corrected chi connectivity index (χ4v) is 4.00. The number of aromatic nitrogens is 2. The van der Waals surface area contributed by atoms with Gasteiger partial charge in [-0.3, -0.25) is 4.98 Å². The van der Waals surface area contributed by atoms with Crippen LogP contribution in [0.15, 0.2) is 48.8 Å². The number of hydrogen-bond donors (Lipinski definition) is 0. The van der Waals surface area contributed by atoms with Gasteiger partial charge in [0.2, 0.25) is 0 Å². The minimum atomic E-state index is 0.397. The molecule has 0 saturated heterocycles. The highest BCUT2D eigenvalue weighted by molar-refractivity contribution is 5.84. The molecule has 2 aromatic heterocycles. The van der Waals surface area contributed by atoms with Crippen LogP contribution in [0.2, 0.25) is 0 Å². The molecule has 23 heavy (non-hydrogen) atoms. The van der Waals surface area contributed by atoms with Gasteiger partial charge in [0.15, 0.2) is 0 Å². The van der Waals surface area contributed by atoms with Gasteiger partial charge in [0.05, 0.1) is 17.3 Å². The molecule has 2 heterocycles. The first-order valence-electron chi connectivity index (χ1n) is 8.84. The van der Waals surface area contributed by atoms with Crippen LogP contribution < -0.4 is 0 Å². The van der Waals surface area contributed by atoms with Crippen molar-refractivity contribution in [3.05, 3.63) is 65.6 Å². The summed E-state index contributed by atoms with van der Waals surface area (Å²) in [6.07, 6.45) is 9.60. The highest BCUT2D eigenvalue weighted by Gasteiger charge is 2.36. The van der Waals surface area contributed by atoms with Crippen molar-refractivity contribution in [2.45, 2.75) is 44.6 Å². The second-order valence-electron chi connectivity index (χ2n) is 7.27. The van der Waals surface area contributed by atoms with Gasteiger partial charge < -0.3 is 4.57 Å². The summed E-state index contributed by atoms with van der Waals surface area (Å²) in [5.41, 5.74) is 5.58. The molecule has 0 bridgehead atoms. The molecule has 1 atom stereocenters. The molecule has 2 nitrogen and oxygen atoms in total. The Morgan fingerprint density at radius 1 is 1.04 bits per heavy atom. The smallest absolute Gasteiger partial charge is 0.0788 e. The average molecular weight is 302 g/mol. The third kappa shape index (κ3) is 2.20. The monoisotopic (exact) mass is 302 g/mol. The van der Waals surface area contributed by atoms with Crippen LogP contribution in [0.1, 0.15) is 54.5 Å². The van der Waals surface area contributed by atoms with E-state index in [4.69, 9.17) is 4.98 Å². The molecule has 0 N–H and O–H groups in total. The van der Waals surface area contributed by atoms with Crippen LogP contribution in [0.4, 0.5) is 0 Å². The first-order valence-corrected chi connectivity index (χ1v) is 8.84. The summed E-state index contributed by atoms with van der Waals surface area (Å²) in [5, 5.41) is 1.38. The van der Waals surface area contributed by atoms with Crippen molar-refractivity contribution in [2.24, 2.45) is 5.92 Å². The fourth-order valence-electron chi connectivity index (χ4n) is 4.00. The van der Waals surface area contributed by atoms with Gasteiger partial charge in [-0.15, -0.1) is 0 Å². The number of para-hydroxylation sites is 1. The maximum absolute atomic E-state index is 4.77. The topological polar surface area (TPSA) is 17.8 Å². The molecular formula is C21H22N2. The van der Waals surface area contributed by atoms with Crippen LogP contribution in [-0.2, 0) is 0 Å². The summed E-state index contributed by atoms with van der Waals surface area (Å²) >= 11 is 0. The van der Waals surface area contributed by atoms with Crippen molar-refractivity contribution in [1.82, 2.24) is 9.55 Å². The molecule has 0 radical (unpaired) electrons. The van der Waals surface area contributed by atoms with Crippen molar-refractivity contribution in [1.29, 1.82) is 0 Å². The van der Waals surface area contributed by atoms with Crippen molar-refractivity contribution >= 4 is 10.9 Å². The highest BCUT2D eigenvalue weighted by atomic mass is 15.0. The SMILES string of the molecule is Cc1cccnc1C(C1CC1)n1ccc2cccc(C3CC3)c21. The second kappa shape index (κ2) is 4.95. The Morgan fingerprint density at radius 2 is 1.91 bits per heavy atom. The summed E-state index contributed by atoms with van der Waals surface area (Å²) in [4.78, 5) is 4.77. The number of nitrogens with zero attached hydrogens (tertiary/aromatic N) is 2. The lowest BCUT2D eigenvalue weighted by Crippen LogP contribution is -2.15. The van der Waals surface area contributed by atoms with Gasteiger partial charge in [-0.25, -0.2) is 0 Å². The van der Waals surface area contributed by atoms with Gasteiger partial charge in [0.25, 0.3) is 0 Å². The number of rotatable bonds is 4. The molecule has 3 aromatic rings. The number of fused-ring (bicyclic) bond motifs is 1. The quantitative estimate of drug-likeness (QED) is 0.646. The molecule has 2 aliphatic carbocycles. The highest BCUT2D eigenvalue weighted by Crippen LogP contribution is 2.48. The normalized spacial score (nSPS) is 19.2. The fraction of sp³-hybridized carbons (Fsp3) is 0.381. The van der Waals surface area contributed by atoms with Gasteiger partial charge >= 0.3 is 0 Å². The Bertz CT molecular complexity index is 868. The molecule has 2 fully saturated rings.